The molecule has 0 amide bonds. The Bertz CT molecular complexity index is 477. The van der Waals surface area contributed by atoms with E-state index in [2.05, 4.69) is 10.2 Å². The number of ether oxygens (including phenoxy) is 1. The number of nitrogens with two attached hydrogens (primary N) is 2. The molecule has 0 heterocycles. The summed E-state index contributed by atoms with van der Waals surface area (Å²) in [5.41, 5.74) is 10.8. The highest BCUT2D eigenvalue weighted by Crippen LogP contribution is 2.28. The van der Waals surface area contributed by atoms with Gasteiger partial charge in [-0.1, -0.05) is 0 Å². The molecule has 0 radical (unpaired) electrons. The van der Waals surface area contributed by atoms with Crippen LogP contribution in [0.2, 0.25) is 0 Å². The molecule has 96 valence electrons. The van der Waals surface area contributed by atoms with Crippen LogP contribution >= 0.6 is 0 Å². The summed E-state index contributed by atoms with van der Waals surface area (Å²) in [7, 11) is 0. The predicted molar refractivity (Wildman–Crippen MR) is 69.8 cm³/mol. The van der Waals surface area contributed by atoms with Crippen LogP contribution in [-0.4, -0.2) is 23.4 Å². The zero-order valence-corrected chi connectivity index (χ0v) is 9.91. The molecule has 0 spiro atoms. The lowest BCUT2D eigenvalue weighted by molar-refractivity contribution is 0.120. The van der Waals surface area contributed by atoms with Crippen molar-refractivity contribution in [1.82, 2.24) is 0 Å². The summed E-state index contributed by atoms with van der Waals surface area (Å²) in [6.45, 7) is 0. The first-order valence-electron chi connectivity index (χ1n) is 5.77. The van der Waals surface area contributed by atoms with Crippen LogP contribution in [0.4, 0.5) is 0 Å². The lowest BCUT2D eigenvalue weighted by Crippen LogP contribution is -2.24. The molecule has 1 aliphatic rings. The van der Waals surface area contributed by atoms with E-state index < -0.39 is 0 Å². The van der Waals surface area contributed by atoms with E-state index in [0.29, 0.717) is 11.3 Å². The number of hydrogen-bond acceptors (Lipinski definition) is 4. The first kappa shape index (κ1) is 12.2. The first-order chi connectivity index (χ1) is 8.65. The fourth-order valence-electron chi connectivity index (χ4n) is 1.54. The van der Waals surface area contributed by atoms with Crippen LogP contribution in [0.15, 0.2) is 28.4 Å². The van der Waals surface area contributed by atoms with Crippen LogP contribution in [-0.2, 0) is 0 Å². The van der Waals surface area contributed by atoms with Crippen molar-refractivity contribution in [2.45, 2.75) is 25.4 Å². The van der Waals surface area contributed by atoms with E-state index in [4.69, 9.17) is 16.2 Å². The Labute approximate surface area is 105 Å². The third-order valence-corrected chi connectivity index (χ3v) is 2.73. The molecule has 0 atom stereocenters. The number of rotatable bonds is 4. The fraction of sp³-hybridized carbons (Fsp3) is 0.333. The summed E-state index contributed by atoms with van der Waals surface area (Å²) in [5.74, 6) is 0.619. The molecule has 1 saturated carbocycles. The maximum absolute atomic E-state index is 9.78. The van der Waals surface area contributed by atoms with E-state index in [1.165, 1.54) is 12.6 Å². The Morgan fingerprint density at radius 2 is 2.17 bits per heavy atom. The Balaban J connectivity index is 2.04. The molecular formula is C12H16N4O2. The van der Waals surface area contributed by atoms with Gasteiger partial charge in [-0.3, -0.25) is 0 Å². The Morgan fingerprint density at radius 1 is 1.39 bits per heavy atom. The van der Waals surface area contributed by atoms with Gasteiger partial charge in [0.05, 0.1) is 12.3 Å². The van der Waals surface area contributed by atoms with Gasteiger partial charge < -0.3 is 21.3 Å². The lowest BCUT2D eigenvalue weighted by atomic mass is 9.96. The zero-order valence-electron chi connectivity index (χ0n) is 9.91. The van der Waals surface area contributed by atoms with Crippen molar-refractivity contribution in [2.24, 2.45) is 21.7 Å². The largest absolute Gasteiger partial charge is 0.507 e. The van der Waals surface area contributed by atoms with Gasteiger partial charge in [0.25, 0.3) is 0 Å². The maximum atomic E-state index is 9.78. The highest BCUT2D eigenvalue weighted by atomic mass is 16.5. The summed E-state index contributed by atoms with van der Waals surface area (Å²) >= 11 is 0. The normalized spacial score (nSPS) is 15.3. The number of benzene rings is 1. The highest BCUT2D eigenvalue weighted by molar-refractivity contribution is 5.84. The van der Waals surface area contributed by atoms with Gasteiger partial charge in [-0.15, -0.1) is 5.10 Å². The maximum Gasteiger partial charge on any atom is 0.211 e. The van der Waals surface area contributed by atoms with Crippen LogP contribution in [0.5, 0.6) is 11.5 Å². The molecule has 1 aliphatic carbocycles. The minimum atomic E-state index is -0.129. The number of guanidine groups is 1. The molecule has 18 heavy (non-hydrogen) atoms. The zero-order chi connectivity index (χ0) is 13.0. The van der Waals surface area contributed by atoms with Gasteiger partial charge in [-0.25, -0.2) is 0 Å². The van der Waals surface area contributed by atoms with Crippen LogP contribution < -0.4 is 16.2 Å². The van der Waals surface area contributed by atoms with Crippen LogP contribution in [0.3, 0.4) is 0 Å². The van der Waals surface area contributed by atoms with E-state index in [9.17, 15) is 5.11 Å². The van der Waals surface area contributed by atoms with Crippen molar-refractivity contribution < 1.29 is 9.84 Å². The summed E-state index contributed by atoms with van der Waals surface area (Å²) in [6.07, 6.45) is 5.02. The molecule has 0 saturated heterocycles. The number of aromatic hydroxyl groups is 1. The third kappa shape index (κ3) is 3.13. The molecule has 0 bridgehead atoms. The molecular weight excluding hydrogens is 232 g/mol. The lowest BCUT2D eigenvalue weighted by Gasteiger charge is -2.26. The number of hydrogen-bond donors (Lipinski definition) is 3. The molecule has 0 unspecified atom stereocenters. The number of phenolic OH excluding ortho intramolecular Hbond substituents is 1. The topological polar surface area (TPSA) is 106 Å². The van der Waals surface area contributed by atoms with Crippen molar-refractivity contribution in [1.29, 1.82) is 0 Å². The highest BCUT2D eigenvalue weighted by Gasteiger charge is 2.19. The van der Waals surface area contributed by atoms with Crippen LogP contribution in [0.1, 0.15) is 24.8 Å². The molecule has 1 aromatic rings. The summed E-state index contributed by atoms with van der Waals surface area (Å²) in [4.78, 5) is 0. The Hall–Kier alpha value is -2.24. The van der Waals surface area contributed by atoms with E-state index in [0.717, 1.165) is 12.8 Å². The van der Waals surface area contributed by atoms with Gasteiger partial charge in [-0.2, -0.15) is 5.10 Å². The molecule has 2 rings (SSSR count). The van der Waals surface area contributed by atoms with Crippen molar-refractivity contribution in [3.63, 3.8) is 0 Å². The van der Waals surface area contributed by atoms with Gasteiger partial charge in [0.15, 0.2) is 0 Å². The predicted octanol–water partition coefficient (Wildman–Crippen LogP) is 0.931. The minimum Gasteiger partial charge on any atom is -0.507 e. The molecule has 0 aliphatic heterocycles. The quantitative estimate of drug-likeness (QED) is 0.418. The molecule has 5 N–H and O–H groups in total. The second kappa shape index (κ2) is 5.39. The van der Waals surface area contributed by atoms with E-state index in [1.807, 2.05) is 0 Å². The van der Waals surface area contributed by atoms with Gasteiger partial charge in [0.2, 0.25) is 5.96 Å². The molecule has 1 aromatic carbocycles. The van der Waals surface area contributed by atoms with Crippen molar-refractivity contribution in [3.05, 3.63) is 23.8 Å². The van der Waals surface area contributed by atoms with E-state index >= 15 is 0 Å². The second-order valence-corrected chi connectivity index (χ2v) is 4.16. The monoisotopic (exact) mass is 248 g/mol. The molecule has 0 aromatic heterocycles. The molecule has 1 fully saturated rings. The van der Waals surface area contributed by atoms with Crippen molar-refractivity contribution in [3.8, 4) is 11.5 Å². The van der Waals surface area contributed by atoms with Crippen molar-refractivity contribution >= 4 is 12.2 Å². The van der Waals surface area contributed by atoms with E-state index in [-0.39, 0.29) is 17.8 Å². The smallest absolute Gasteiger partial charge is 0.211 e. The van der Waals surface area contributed by atoms with Gasteiger partial charge in [-0.05, 0) is 31.4 Å². The second-order valence-electron chi connectivity index (χ2n) is 4.16. The summed E-state index contributed by atoms with van der Waals surface area (Å²) < 4.78 is 5.66. The number of phenols is 1. The minimum absolute atomic E-state index is 0.0846. The summed E-state index contributed by atoms with van der Waals surface area (Å²) in [6, 6.07) is 5.05. The Kier molecular flexibility index (Phi) is 3.66. The average Bonchev–Trinajstić information content (AvgIpc) is 2.26. The molecule has 6 nitrogen and oxygen atoms in total. The van der Waals surface area contributed by atoms with Gasteiger partial charge in [0.1, 0.15) is 11.5 Å². The van der Waals surface area contributed by atoms with Crippen LogP contribution in [0, 0.1) is 0 Å². The SMILES string of the molecule is NC(N)=NN=Cc1ccc(OC2CCC2)cc1O. The van der Waals surface area contributed by atoms with Crippen molar-refractivity contribution in [2.75, 3.05) is 0 Å². The fourth-order valence-corrected chi connectivity index (χ4v) is 1.54. The Morgan fingerprint density at radius 3 is 2.72 bits per heavy atom. The third-order valence-electron chi connectivity index (χ3n) is 2.73. The summed E-state index contributed by atoms with van der Waals surface area (Å²) in [5, 5.41) is 16.9. The standard InChI is InChI=1S/C12H16N4O2/c13-12(14)16-15-7-8-4-5-10(6-11(8)17)18-9-2-1-3-9/h4-7,9,17H,1-3H2,(H4,13,14,16). The molecule has 6 heteroatoms. The average molecular weight is 248 g/mol. The van der Waals surface area contributed by atoms with Crippen LogP contribution in [0.25, 0.3) is 0 Å². The van der Waals surface area contributed by atoms with E-state index in [1.54, 1.807) is 18.2 Å². The first-order valence-corrected chi connectivity index (χ1v) is 5.77. The number of nitrogens with zero attached hydrogens (tertiary/aromatic N) is 2. The van der Waals surface area contributed by atoms with Gasteiger partial charge >= 0.3 is 0 Å². The van der Waals surface area contributed by atoms with Gasteiger partial charge in [0, 0.05) is 11.6 Å².